The zero-order valence-electron chi connectivity index (χ0n) is 26.8. The van der Waals surface area contributed by atoms with Gasteiger partial charge in [-0.2, -0.15) is 0 Å². The number of pyridine rings is 2. The molecule has 0 aliphatic heterocycles. The molecule has 0 saturated carbocycles. The number of nitrogens with zero attached hydrogens (tertiary/aromatic N) is 2. The van der Waals surface area contributed by atoms with Crippen LogP contribution in [0.1, 0.15) is 16.7 Å². The first-order valence-electron chi connectivity index (χ1n) is 16.9. The highest BCUT2D eigenvalue weighted by molar-refractivity contribution is 6.15. The second kappa shape index (κ2) is 11.1. The Bertz CT molecular complexity index is 2810. The summed E-state index contributed by atoms with van der Waals surface area (Å²) in [6, 6.07) is 55.3. The Kier molecular flexibility index (Phi) is 6.28. The quantitative estimate of drug-likeness (QED) is 0.183. The summed E-state index contributed by atoms with van der Waals surface area (Å²) in [4.78, 5) is 9.47. The molecule has 0 atom stereocenters. The summed E-state index contributed by atoms with van der Waals surface area (Å²) in [7, 11) is 0. The smallest absolute Gasteiger partial charge is 0.0970 e. The van der Waals surface area contributed by atoms with Crippen LogP contribution >= 0.6 is 0 Å². The van der Waals surface area contributed by atoms with E-state index >= 15 is 0 Å². The van der Waals surface area contributed by atoms with Gasteiger partial charge in [-0.3, -0.25) is 9.97 Å². The van der Waals surface area contributed by atoms with Crippen LogP contribution in [0.3, 0.4) is 0 Å². The molecule has 1 aliphatic carbocycles. The SMILES string of the molecule is C1=C(c2cccc(-c3ccc(-c4cc5cccnc5c5ncccc45)c4ccccc34)c2)c2ccc3ccccc3c2-c2ccccc2C1. The van der Waals surface area contributed by atoms with Gasteiger partial charge in [0.15, 0.2) is 0 Å². The molecule has 0 bridgehead atoms. The van der Waals surface area contributed by atoms with Crippen LogP contribution in [0.2, 0.25) is 0 Å². The van der Waals surface area contributed by atoms with Crippen molar-refractivity contribution in [1.82, 2.24) is 9.97 Å². The van der Waals surface area contributed by atoms with Crippen molar-refractivity contribution in [3.8, 4) is 33.4 Å². The van der Waals surface area contributed by atoms with Crippen LogP contribution < -0.4 is 0 Å². The zero-order valence-corrected chi connectivity index (χ0v) is 26.8. The van der Waals surface area contributed by atoms with Crippen molar-refractivity contribution in [1.29, 1.82) is 0 Å². The molecule has 0 fully saturated rings. The predicted octanol–water partition coefficient (Wildman–Crippen LogP) is 12.1. The Morgan fingerprint density at radius 1 is 0.388 bits per heavy atom. The van der Waals surface area contributed by atoms with Crippen molar-refractivity contribution in [2.45, 2.75) is 6.42 Å². The summed E-state index contributed by atoms with van der Waals surface area (Å²) >= 11 is 0. The van der Waals surface area contributed by atoms with Gasteiger partial charge in [-0.15, -0.1) is 0 Å². The lowest BCUT2D eigenvalue weighted by atomic mass is 9.86. The van der Waals surface area contributed by atoms with E-state index in [1.54, 1.807) is 0 Å². The molecule has 0 spiro atoms. The van der Waals surface area contributed by atoms with Crippen LogP contribution in [-0.2, 0) is 6.42 Å². The van der Waals surface area contributed by atoms with Crippen molar-refractivity contribution in [3.05, 3.63) is 187 Å². The molecule has 0 N–H and O–H groups in total. The van der Waals surface area contributed by atoms with Crippen LogP contribution in [0, 0.1) is 0 Å². The molecule has 0 radical (unpaired) electrons. The highest BCUT2D eigenvalue weighted by Crippen LogP contribution is 2.44. The lowest BCUT2D eigenvalue weighted by molar-refractivity contribution is 1.29. The first-order valence-corrected chi connectivity index (χ1v) is 16.9. The minimum atomic E-state index is 0.889. The fourth-order valence-electron chi connectivity index (χ4n) is 7.96. The maximum absolute atomic E-state index is 4.78. The van der Waals surface area contributed by atoms with E-state index in [4.69, 9.17) is 4.98 Å². The van der Waals surface area contributed by atoms with Gasteiger partial charge >= 0.3 is 0 Å². The molecular formula is C47H30N2. The van der Waals surface area contributed by atoms with Crippen molar-refractivity contribution in [2.75, 3.05) is 0 Å². The molecule has 1 aliphatic rings. The summed E-state index contributed by atoms with van der Waals surface area (Å²) in [5.74, 6) is 0. The molecule has 7 aromatic carbocycles. The van der Waals surface area contributed by atoms with Gasteiger partial charge in [0, 0.05) is 23.2 Å². The van der Waals surface area contributed by atoms with E-state index in [1.165, 1.54) is 77.2 Å². The van der Waals surface area contributed by atoms with Gasteiger partial charge in [0.05, 0.1) is 11.0 Å². The number of hydrogen-bond donors (Lipinski definition) is 0. The van der Waals surface area contributed by atoms with E-state index in [0.29, 0.717) is 0 Å². The Hall–Kier alpha value is -6.38. The third-order valence-corrected chi connectivity index (χ3v) is 10.2. The summed E-state index contributed by atoms with van der Waals surface area (Å²) in [6.45, 7) is 0. The highest BCUT2D eigenvalue weighted by atomic mass is 14.7. The third-order valence-electron chi connectivity index (χ3n) is 10.2. The van der Waals surface area contributed by atoms with Crippen molar-refractivity contribution < 1.29 is 0 Å². The average molecular weight is 623 g/mol. The van der Waals surface area contributed by atoms with Gasteiger partial charge in [-0.05, 0) is 108 Å². The minimum Gasteiger partial charge on any atom is -0.254 e. The fourth-order valence-corrected chi connectivity index (χ4v) is 7.96. The van der Waals surface area contributed by atoms with E-state index in [9.17, 15) is 0 Å². The summed E-state index contributed by atoms with van der Waals surface area (Å²) in [5.41, 5.74) is 14.5. The lowest BCUT2D eigenvalue weighted by Gasteiger charge is -2.17. The van der Waals surface area contributed by atoms with Crippen LogP contribution in [0.25, 0.3) is 82.3 Å². The number of allylic oxidation sites excluding steroid dienone is 1. The lowest BCUT2D eigenvalue weighted by Crippen LogP contribution is -1.94. The standard InChI is InChI=1S/C47H30N2/c1-3-15-37-30(10-1)20-22-36(42-23-21-31-11-2-4-16-38(31)45(37)42)33-13-7-12-32(28-33)35-24-25-41(40-18-6-5-17-39(35)40)44-29-34-14-8-26-48-46(34)47-43(44)19-9-27-49-47/h1-19,21-29H,20H2. The van der Waals surface area contributed by atoms with Crippen LogP contribution in [0.5, 0.6) is 0 Å². The van der Waals surface area contributed by atoms with Gasteiger partial charge in [0.2, 0.25) is 0 Å². The zero-order chi connectivity index (χ0) is 32.3. The predicted molar refractivity (Wildman–Crippen MR) is 206 cm³/mol. The topological polar surface area (TPSA) is 25.8 Å². The van der Waals surface area contributed by atoms with Crippen LogP contribution in [-0.4, -0.2) is 9.97 Å². The van der Waals surface area contributed by atoms with E-state index in [0.717, 1.165) is 28.2 Å². The Labute approximate surface area is 284 Å². The molecule has 2 heteroatoms. The molecule has 228 valence electrons. The van der Waals surface area contributed by atoms with E-state index < -0.39 is 0 Å². The fraction of sp³-hybridized carbons (Fsp3) is 0.0213. The monoisotopic (exact) mass is 622 g/mol. The number of hydrogen-bond acceptors (Lipinski definition) is 2. The van der Waals surface area contributed by atoms with Gasteiger partial charge in [0.1, 0.15) is 0 Å². The first kappa shape index (κ1) is 27.7. The molecule has 2 aromatic heterocycles. The van der Waals surface area contributed by atoms with Gasteiger partial charge in [0.25, 0.3) is 0 Å². The van der Waals surface area contributed by atoms with Crippen molar-refractivity contribution in [3.63, 3.8) is 0 Å². The average Bonchev–Trinajstić information content (AvgIpc) is 3.34. The molecule has 49 heavy (non-hydrogen) atoms. The molecule has 9 aromatic rings. The number of aromatic nitrogens is 2. The molecule has 2 heterocycles. The molecule has 2 nitrogen and oxygen atoms in total. The molecule has 0 unspecified atom stereocenters. The maximum Gasteiger partial charge on any atom is 0.0970 e. The van der Waals surface area contributed by atoms with E-state index in [1.807, 2.05) is 24.5 Å². The summed E-state index contributed by atoms with van der Waals surface area (Å²) in [5, 5.41) is 7.22. The molecule has 0 amide bonds. The van der Waals surface area contributed by atoms with Crippen molar-refractivity contribution >= 4 is 48.9 Å². The molecule has 0 saturated heterocycles. The second-order valence-electron chi connectivity index (χ2n) is 12.9. The highest BCUT2D eigenvalue weighted by Gasteiger charge is 2.21. The Morgan fingerprint density at radius 2 is 1.06 bits per heavy atom. The summed E-state index contributed by atoms with van der Waals surface area (Å²) in [6.07, 6.45) is 7.02. The minimum absolute atomic E-state index is 0.889. The third kappa shape index (κ3) is 4.42. The second-order valence-corrected chi connectivity index (χ2v) is 12.9. The normalized spacial score (nSPS) is 12.5. The van der Waals surface area contributed by atoms with Gasteiger partial charge < -0.3 is 0 Å². The summed E-state index contributed by atoms with van der Waals surface area (Å²) < 4.78 is 0. The molecular weight excluding hydrogens is 593 g/mol. The van der Waals surface area contributed by atoms with Crippen LogP contribution in [0.4, 0.5) is 0 Å². The Morgan fingerprint density at radius 3 is 1.98 bits per heavy atom. The number of rotatable bonds is 3. The Balaban J connectivity index is 1.15. The number of benzene rings is 7. The van der Waals surface area contributed by atoms with Crippen molar-refractivity contribution in [2.24, 2.45) is 0 Å². The largest absolute Gasteiger partial charge is 0.254 e. The first-order chi connectivity index (χ1) is 24.3. The van der Waals surface area contributed by atoms with E-state index in [2.05, 4.69) is 151 Å². The van der Waals surface area contributed by atoms with E-state index in [-0.39, 0.29) is 0 Å². The molecule has 10 rings (SSSR count). The maximum atomic E-state index is 4.78. The number of fused-ring (bicyclic) bond motifs is 9. The van der Waals surface area contributed by atoms with Crippen LogP contribution in [0.15, 0.2) is 170 Å². The van der Waals surface area contributed by atoms with Gasteiger partial charge in [-0.1, -0.05) is 133 Å². The van der Waals surface area contributed by atoms with Gasteiger partial charge in [-0.25, -0.2) is 0 Å².